The molecule has 0 saturated carbocycles. The molecule has 0 saturated heterocycles. The van der Waals surface area contributed by atoms with Gasteiger partial charge < -0.3 is 4.42 Å². The summed E-state index contributed by atoms with van der Waals surface area (Å²) in [4.78, 5) is 0. The van der Waals surface area contributed by atoms with Crippen LogP contribution in [-0.2, 0) is 0 Å². The van der Waals surface area contributed by atoms with E-state index >= 15 is 0 Å². The van der Waals surface area contributed by atoms with Gasteiger partial charge in [0.1, 0.15) is 0 Å². The lowest BCUT2D eigenvalue weighted by Gasteiger charge is -1.70. The van der Waals surface area contributed by atoms with Crippen LogP contribution >= 0.6 is 0 Å². The molecule has 0 aliphatic heterocycles. The maximum atomic E-state index is 4.86. The van der Waals surface area contributed by atoms with Crippen molar-refractivity contribution in [2.24, 2.45) is 0 Å². The van der Waals surface area contributed by atoms with Crippen LogP contribution in [0.4, 0.5) is 0 Å². The molecular weight excluding hydrogens is 164 g/mol. The van der Waals surface area contributed by atoms with Crippen LogP contribution < -0.4 is 0 Å². The summed E-state index contributed by atoms with van der Waals surface area (Å²) in [6, 6.07) is 0. The Hall–Kier alpha value is -0.860. The first-order valence-corrected chi connectivity index (χ1v) is 5.06. The molecule has 0 aromatic carbocycles. The molecule has 3 heteroatoms. The number of nitrogens with zero attached hydrogens (tertiary/aromatic N) is 2. The molecule has 1 aromatic heterocycles. The number of hydrogen-bond acceptors (Lipinski definition) is 3. The molecule has 0 atom stereocenters. The van der Waals surface area contributed by atoms with E-state index in [2.05, 4.69) is 10.2 Å². The normalized spacial score (nSPS) is 6.46. The second kappa shape index (κ2) is 17.3. The van der Waals surface area contributed by atoms with Crippen LogP contribution in [0.15, 0.2) is 4.42 Å². The average Bonchev–Trinajstić information content (AvgIpc) is 2.60. The number of rotatable bonds is 0. The van der Waals surface area contributed by atoms with Crippen molar-refractivity contribution in [1.29, 1.82) is 0 Å². The lowest BCUT2D eigenvalue weighted by Crippen LogP contribution is -1.68. The first-order valence-electron chi connectivity index (χ1n) is 5.06. The smallest absolute Gasteiger partial charge is 0.213 e. The van der Waals surface area contributed by atoms with Gasteiger partial charge in [0.25, 0.3) is 0 Å². The van der Waals surface area contributed by atoms with Crippen LogP contribution in [0.5, 0.6) is 0 Å². The quantitative estimate of drug-likeness (QED) is 0.622. The van der Waals surface area contributed by atoms with Crippen LogP contribution in [0, 0.1) is 13.8 Å². The molecule has 13 heavy (non-hydrogen) atoms. The third-order valence-electron chi connectivity index (χ3n) is 0.627. The van der Waals surface area contributed by atoms with Crippen molar-refractivity contribution < 1.29 is 4.42 Å². The maximum absolute atomic E-state index is 4.86. The minimum absolute atomic E-state index is 0.623. The van der Waals surface area contributed by atoms with E-state index in [1.165, 1.54) is 0 Å². The molecule has 0 aliphatic carbocycles. The molecule has 0 spiro atoms. The molecule has 0 bridgehead atoms. The van der Waals surface area contributed by atoms with Crippen LogP contribution in [0.25, 0.3) is 0 Å². The molecule has 1 rings (SSSR count). The van der Waals surface area contributed by atoms with Gasteiger partial charge in [-0.1, -0.05) is 41.5 Å². The summed E-state index contributed by atoms with van der Waals surface area (Å²) in [6.45, 7) is 15.5. The fourth-order valence-corrected chi connectivity index (χ4v) is 0.395. The predicted molar refractivity (Wildman–Crippen MR) is 57.8 cm³/mol. The Morgan fingerprint density at radius 1 is 0.692 bits per heavy atom. The van der Waals surface area contributed by atoms with Crippen molar-refractivity contribution in [2.75, 3.05) is 0 Å². The Kier molecular flexibility index (Phi) is 24.0. The summed E-state index contributed by atoms with van der Waals surface area (Å²) in [5.41, 5.74) is 0. The first kappa shape index (κ1) is 18.0. The highest BCUT2D eigenvalue weighted by Gasteiger charge is 1.89. The number of aromatic nitrogens is 2. The standard InChI is InChI=1S/C4H6N2O.3C2H6/c1-3-5-6-4(2)7-3;3*1-2/h1-2H3;3*1-2H3. The van der Waals surface area contributed by atoms with Gasteiger partial charge >= 0.3 is 0 Å². The predicted octanol–water partition coefficient (Wildman–Crippen LogP) is 3.77. The molecule has 80 valence electrons. The van der Waals surface area contributed by atoms with Crippen molar-refractivity contribution in [3.8, 4) is 0 Å². The molecule has 0 unspecified atom stereocenters. The van der Waals surface area contributed by atoms with Gasteiger partial charge in [0, 0.05) is 13.8 Å². The molecule has 0 fully saturated rings. The Morgan fingerprint density at radius 2 is 0.923 bits per heavy atom. The van der Waals surface area contributed by atoms with Gasteiger partial charge in [-0.15, -0.1) is 10.2 Å². The summed E-state index contributed by atoms with van der Waals surface area (Å²) in [5, 5.41) is 7.20. The summed E-state index contributed by atoms with van der Waals surface area (Å²) >= 11 is 0. The Bertz CT molecular complexity index is 145. The Morgan fingerprint density at radius 3 is 1.00 bits per heavy atom. The molecule has 0 N–H and O–H groups in total. The van der Waals surface area contributed by atoms with E-state index in [1.807, 2.05) is 41.5 Å². The van der Waals surface area contributed by atoms with Crippen LogP contribution in [0.1, 0.15) is 53.3 Å². The van der Waals surface area contributed by atoms with Gasteiger partial charge in [0.2, 0.25) is 11.8 Å². The van der Waals surface area contributed by atoms with E-state index in [-0.39, 0.29) is 0 Å². The van der Waals surface area contributed by atoms with Crippen LogP contribution in [0.3, 0.4) is 0 Å². The van der Waals surface area contributed by atoms with Crippen molar-refractivity contribution in [3.63, 3.8) is 0 Å². The van der Waals surface area contributed by atoms with Crippen LogP contribution in [-0.4, -0.2) is 10.2 Å². The monoisotopic (exact) mass is 188 g/mol. The summed E-state index contributed by atoms with van der Waals surface area (Å²) in [6.07, 6.45) is 0. The van der Waals surface area contributed by atoms with E-state index in [0.29, 0.717) is 11.8 Å². The third kappa shape index (κ3) is 14.0. The molecule has 1 heterocycles. The van der Waals surface area contributed by atoms with E-state index < -0.39 is 0 Å². The second-order valence-electron chi connectivity index (χ2n) is 1.34. The molecule has 1 aromatic rings. The molecule has 0 aliphatic rings. The third-order valence-corrected chi connectivity index (χ3v) is 0.627. The largest absolute Gasteiger partial charge is 0.426 e. The molecular formula is C10H24N2O. The zero-order valence-corrected chi connectivity index (χ0v) is 10.3. The lowest BCUT2D eigenvalue weighted by molar-refractivity contribution is 0.489. The van der Waals surface area contributed by atoms with Gasteiger partial charge in [-0.25, -0.2) is 0 Å². The Labute approximate surface area is 82.6 Å². The minimum Gasteiger partial charge on any atom is -0.426 e. The average molecular weight is 188 g/mol. The highest BCUT2D eigenvalue weighted by atomic mass is 16.4. The van der Waals surface area contributed by atoms with Gasteiger partial charge in [-0.05, 0) is 0 Å². The molecule has 0 amide bonds. The van der Waals surface area contributed by atoms with Gasteiger partial charge in [0.05, 0.1) is 0 Å². The van der Waals surface area contributed by atoms with Crippen molar-refractivity contribution in [3.05, 3.63) is 11.8 Å². The highest BCUT2D eigenvalue weighted by Crippen LogP contribution is 1.92. The lowest BCUT2D eigenvalue weighted by atomic mass is 10.8. The number of aryl methyl sites for hydroxylation is 2. The van der Waals surface area contributed by atoms with Gasteiger partial charge in [-0.2, -0.15) is 0 Å². The van der Waals surface area contributed by atoms with Gasteiger partial charge in [0.15, 0.2) is 0 Å². The van der Waals surface area contributed by atoms with Crippen molar-refractivity contribution >= 4 is 0 Å². The summed E-state index contributed by atoms with van der Waals surface area (Å²) < 4.78 is 4.86. The van der Waals surface area contributed by atoms with Crippen molar-refractivity contribution in [2.45, 2.75) is 55.4 Å². The molecule has 3 nitrogen and oxygen atoms in total. The molecule has 0 radical (unpaired) electrons. The topological polar surface area (TPSA) is 38.9 Å². The minimum atomic E-state index is 0.623. The summed E-state index contributed by atoms with van der Waals surface area (Å²) in [5.74, 6) is 1.25. The van der Waals surface area contributed by atoms with E-state index in [9.17, 15) is 0 Å². The zero-order valence-electron chi connectivity index (χ0n) is 10.3. The zero-order chi connectivity index (χ0) is 11.3. The van der Waals surface area contributed by atoms with E-state index in [4.69, 9.17) is 4.42 Å². The van der Waals surface area contributed by atoms with E-state index in [0.717, 1.165) is 0 Å². The fraction of sp³-hybridized carbons (Fsp3) is 0.800. The van der Waals surface area contributed by atoms with E-state index in [1.54, 1.807) is 13.8 Å². The SMILES string of the molecule is CC.CC.CC.Cc1nnc(C)o1. The second-order valence-corrected chi connectivity index (χ2v) is 1.34. The maximum Gasteiger partial charge on any atom is 0.213 e. The van der Waals surface area contributed by atoms with Gasteiger partial charge in [-0.3, -0.25) is 0 Å². The summed E-state index contributed by atoms with van der Waals surface area (Å²) in [7, 11) is 0. The number of hydrogen-bond donors (Lipinski definition) is 0. The van der Waals surface area contributed by atoms with Crippen LogP contribution in [0.2, 0.25) is 0 Å². The fourth-order valence-electron chi connectivity index (χ4n) is 0.395. The Balaban J connectivity index is -0.000000144. The van der Waals surface area contributed by atoms with Crippen molar-refractivity contribution in [1.82, 2.24) is 10.2 Å². The highest BCUT2D eigenvalue weighted by molar-refractivity contribution is 4.72. The first-order chi connectivity index (χ1) is 6.29.